The average Bonchev–Trinajstić information content (AvgIpc) is 2.78. The van der Waals surface area contributed by atoms with E-state index in [9.17, 15) is 0 Å². The van der Waals surface area contributed by atoms with Gasteiger partial charge in [0.15, 0.2) is 5.17 Å². The highest BCUT2D eigenvalue weighted by molar-refractivity contribution is 8.14. The molecule has 0 aromatic rings. The third kappa shape index (κ3) is 4.12. The second-order valence-electron chi connectivity index (χ2n) is 4.60. The SMILES string of the molecule is COCCOCCN=C1NC2(CCOCC2)CS1. The van der Waals surface area contributed by atoms with Gasteiger partial charge >= 0.3 is 0 Å². The van der Waals surface area contributed by atoms with E-state index < -0.39 is 0 Å². The second-order valence-corrected chi connectivity index (χ2v) is 5.56. The van der Waals surface area contributed by atoms with Gasteiger partial charge in [0.1, 0.15) is 0 Å². The fourth-order valence-electron chi connectivity index (χ4n) is 2.08. The summed E-state index contributed by atoms with van der Waals surface area (Å²) >= 11 is 1.82. The zero-order valence-electron chi connectivity index (χ0n) is 10.9. The monoisotopic (exact) mass is 274 g/mol. The summed E-state index contributed by atoms with van der Waals surface area (Å²) < 4.78 is 15.7. The number of thioether (sulfide) groups is 1. The van der Waals surface area contributed by atoms with E-state index in [1.54, 1.807) is 7.11 Å². The number of rotatable bonds is 6. The Morgan fingerprint density at radius 2 is 2.17 bits per heavy atom. The van der Waals surface area contributed by atoms with Crippen LogP contribution in [0.3, 0.4) is 0 Å². The molecule has 2 aliphatic heterocycles. The van der Waals surface area contributed by atoms with Gasteiger partial charge < -0.3 is 19.5 Å². The Morgan fingerprint density at radius 3 is 2.94 bits per heavy atom. The van der Waals surface area contributed by atoms with Crippen LogP contribution in [-0.4, -0.2) is 63.1 Å². The minimum Gasteiger partial charge on any atom is -0.382 e. The highest BCUT2D eigenvalue weighted by atomic mass is 32.2. The minimum atomic E-state index is 0.235. The first kappa shape index (κ1) is 14.1. The maximum atomic E-state index is 5.41. The molecular formula is C12H22N2O3S. The van der Waals surface area contributed by atoms with Gasteiger partial charge in [0.2, 0.25) is 0 Å². The normalized spacial score (nSPS) is 24.6. The van der Waals surface area contributed by atoms with E-state index in [0.29, 0.717) is 26.4 Å². The Kier molecular flexibility index (Phi) is 5.75. The van der Waals surface area contributed by atoms with Crippen LogP contribution in [0.25, 0.3) is 0 Å². The minimum absolute atomic E-state index is 0.235. The lowest BCUT2D eigenvalue weighted by Gasteiger charge is -2.32. The van der Waals surface area contributed by atoms with Gasteiger partial charge in [-0.2, -0.15) is 0 Å². The third-order valence-corrected chi connectivity index (χ3v) is 4.43. The number of amidine groups is 1. The number of hydrogen-bond acceptors (Lipinski definition) is 5. The predicted molar refractivity (Wildman–Crippen MR) is 73.4 cm³/mol. The summed E-state index contributed by atoms with van der Waals surface area (Å²) in [5.74, 6) is 1.11. The van der Waals surface area contributed by atoms with E-state index in [1.807, 2.05) is 11.8 Å². The van der Waals surface area contributed by atoms with Gasteiger partial charge in [-0.05, 0) is 12.8 Å². The number of nitrogens with zero attached hydrogens (tertiary/aromatic N) is 1. The van der Waals surface area contributed by atoms with Crippen molar-refractivity contribution in [3.63, 3.8) is 0 Å². The van der Waals surface area contributed by atoms with Crippen molar-refractivity contribution in [2.75, 3.05) is 52.4 Å². The van der Waals surface area contributed by atoms with Crippen molar-refractivity contribution < 1.29 is 14.2 Å². The van der Waals surface area contributed by atoms with Crippen molar-refractivity contribution in [2.45, 2.75) is 18.4 Å². The summed E-state index contributed by atoms with van der Waals surface area (Å²) in [5, 5.41) is 4.62. The number of methoxy groups -OCH3 is 1. The van der Waals surface area contributed by atoms with E-state index in [1.165, 1.54) is 0 Å². The van der Waals surface area contributed by atoms with Crippen LogP contribution in [0.1, 0.15) is 12.8 Å². The molecule has 0 saturated carbocycles. The zero-order chi connectivity index (χ0) is 12.7. The molecule has 2 saturated heterocycles. The number of nitrogens with one attached hydrogen (secondary N) is 1. The topological polar surface area (TPSA) is 52.1 Å². The van der Waals surface area contributed by atoms with Gasteiger partial charge in [-0.1, -0.05) is 11.8 Å². The van der Waals surface area contributed by atoms with Gasteiger partial charge in [-0.25, -0.2) is 0 Å². The molecule has 0 bridgehead atoms. The molecule has 2 fully saturated rings. The maximum absolute atomic E-state index is 5.41. The summed E-state index contributed by atoms with van der Waals surface area (Å²) in [7, 11) is 1.68. The Bertz CT molecular complexity index is 280. The molecule has 2 rings (SSSR count). The summed E-state index contributed by atoms with van der Waals surface area (Å²) in [6, 6.07) is 0. The van der Waals surface area contributed by atoms with Crippen LogP contribution < -0.4 is 5.32 Å². The van der Waals surface area contributed by atoms with Gasteiger partial charge in [-0.15, -0.1) is 0 Å². The Hall–Kier alpha value is -0.300. The first-order valence-electron chi connectivity index (χ1n) is 6.44. The van der Waals surface area contributed by atoms with E-state index in [0.717, 1.165) is 37.0 Å². The van der Waals surface area contributed by atoms with Crippen LogP contribution in [0.5, 0.6) is 0 Å². The molecule has 0 amide bonds. The van der Waals surface area contributed by atoms with Crippen molar-refractivity contribution >= 4 is 16.9 Å². The van der Waals surface area contributed by atoms with Crippen molar-refractivity contribution in [1.82, 2.24) is 5.32 Å². The molecular weight excluding hydrogens is 252 g/mol. The standard InChI is InChI=1S/C12H22N2O3S/c1-15-8-9-17-7-4-13-11-14-12(10-18-11)2-5-16-6-3-12/h2-10H2,1H3,(H,13,14). The Morgan fingerprint density at radius 1 is 1.33 bits per heavy atom. The molecule has 0 aliphatic carbocycles. The first-order chi connectivity index (χ1) is 8.85. The van der Waals surface area contributed by atoms with E-state index >= 15 is 0 Å². The van der Waals surface area contributed by atoms with E-state index in [-0.39, 0.29) is 5.54 Å². The van der Waals surface area contributed by atoms with Crippen LogP contribution in [-0.2, 0) is 14.2 Å². The second kappa shape index (κ2) is 7.33. The van der Waals surface area contributed by atoms with Crippen molar-refractivity contribution in [1.29, 1.82) is 0 Å². The average molecular weight is 274 g/mol. The fourth-order valence-corrected chi connectivity index (χ4v) is 3.32. The molecule has 104 valence electrons. The van der Waals surface area contributed by atoms with Crippen LogP contribution in [0, 0.1) is 0 Å². The molecule has 1 N–H and O–H groups in total. The lowest BCUT2D eigenvalue weighted by atomic mass is 9.93. The van der Waals surface area contributed by atoms with Crippen molar-refractivity contribution in [3.05, 3.63) is 0 Å². The molecule has 6 heteroatoms. The van der Waals surface area contributed by atoms with Gasteiger partial charge in [0.25, 0.3) is 0 Å². The lowest BCUT2D eigenvalue weighted by Crippen LogP contribution is -2.48. The summed E-state index contributed by atoms with van der Waals surface area (Å²) in [5.41, 5.74) is 0.235. The largest absolute Gasteiger partial charge is 0.382 e. The van der Waals surface area contributed by atoms with Crippen LogP contribution in [0.15, 0.2) is 4.99 Å². The summed E-state index contributed by atoms with van der Waals surface area (Å²) in [4.78, 5) is 4.53. The molecule has 0 atom stereocenters. The van der Waals surface area contributed by atoms with Gasteiger partial charge in [0.05, 0.1) is 31.9 Å². The number of aliphatic imine (C=N–C) groups is 1. The molecule has 5 nitrogen and oxygen atoms in total. The van der Waals surface area contributed by atoms with Crippen LogP contribution >= 0.6 is 11.8 Å². The summed E-state index contributed by atoms with van der Waals surface area (Å²) in [6.45, 7) is 4.38. The third-order valence-electron chi connectivity index (χ3n) is 3.23. The van der Waals surface area contributed by atoms with E-state index in [2.05, 4.69) is 10.3 Å². The predicted octanol–water partition coefficient (Wildman–Crippen LogP) is 0.891. The first-order valence-corrected chi connectivity index (χ1v) is 7.43. The van der Waals surface area contributed by atoms with Gasteiger partial charge in [0, 0.05) is 26.1 Å². The molecule has 2 heterocycles. The Labute approximate surface area is 113 Å². The fraction of sp³-hybridized carbons (Fsp3) is 0.917. The number of hydrogen-bond donors (Lipinski definition) is 1. The van der Waals surface area contributed by atoms with Crippen molar-refractivity contribution in [2.24, 2.45) is 4.99 Å². The quantitative estimate of drug-likeness (QED) is 0.729. The molecule has 0 aromatic heterocycles. The molecule has 2 aliphatic rings. The lowest BCUT2D eigenvalue weighted by molar-refractivity contribution is 0.0554. The maximum Gasteiger partial charge on any atom is 0.157 e. The van der Waals surface area contributed by atoms with Crippen LogP contribution in [0.2, 0.25) is 0 Å². The summed E-state index contributed by atoms with van der Waals surface area (Å²) in [6.07, 6.45) is 2.17. The molecule has 0 unspecified atom stereocenters. The van der Waals surface area contributed by atoms with E-state index in [4.69, 9.17) is 14.2 Å². The highest BCUT2D eigenvalue weighted by Crippen LogP contribution is 2.31. The molecule has 0 aromatic carbocycles. The molecule has 18 heavy (non-hydrogen) atoms. The van der Waals surface area contributed by atoms with Gasteiger partial charge in [-0.3, -0.25) is 4.99 Å². The van der Waals surface area contributed by atoms with Crippen LogP contribution in [0.4, 0.5) is 0 Å². The smallest absolute Gasteiger partial charge is 0.157 e. The number of ether oxygens (including phenoxy) is 3. The van der Waals surface area contributed by atoms with Crippen molar-refractivity contribution in [3.8, 4) is 0 Å². The zero-order valence-corrected chi connectivity index (χ0v) is 11.8. The Balaban J connectivity index is 1.65. The molecule has 0 radical (unpaired) electrons. The highest BCUT2D eigenvalue weighted by Gasteiger charge is 2.38. The molecule has 1 spiro atoms.